The number of hydrogen-bond donors (Lipinski definition) is 0. The van der Waals surface area contributed by atoms with Crippen LogP contribution in [0.1, 0.15) is 126 Å². The summed E-state index contributed by atoms with van der Waals surface area (Å²) in [4.78, 5) is 13.1. The minimum absolute atomic E-state index is 0.0299. The molecule has 0 unspecified atom stereocenters. The van der Waals surface area contributed by atoms with Crippen LogP contribution in [0.3, 0.4) is 0 Å². The van der Waals surface area contributed by atoms with Crippen molar-refractivity contribution in [2.24, 2.45) is 0 Å². The SMILES string of the molecule is CCC[CH2][Sn](/[CH]=C/C(C)=C\C(=O)[O][Sn]([CH2]CCC)([CH2]CCC)[CH2]CCC)([CH2]CCC)[CH2]CCC. The van der Waals surface area contributed by atoms with Crippen molar-refractivity contribution in [3.8, 4) is 0 Å². The molecule has 0 aliphatic rings. The number of allylic oxidation sites excluding steroid dienone is 2. The van der Waals surface area contributed by atoms with Gasteiger partial charge in [0, 0.05) is 0 Å². The molecular formula is C30H60O2Sn2. The molecular weight excluding hydrogens is 630 g/mol. The van der Waals surface area contributed by atoms with Gasteiger partial charge in [0.15, 0.2) is 0 Å². The topological polar surface area (TPSA) is 26.3 Å². The first-order chi connectivity index (χ1) is 16.4. The van der Waals surface area contributed by atoms with Gasteiger partial charge in [-0.3, -0.25) is 0 Å². The summed E-state index contributed by atoms with van der Waals surface area (Å²) >= 11 is -5.21. The Kier molecular flexibility index (Phi) is 22.0. The molecule has 0 fully saturated rings. The molecule has 0 aliphatic heterocycles. The maximum atomic E-state index is 13.1. The number of carbonyl (C=O) groups is 1. The Bertz CT molecular complexity index is 525. The van der Waals surface area contributed by atoms with E-state index in [0.717, 1.165) is 5.57 Å². The van der Waals surface area contributed by atoms with E-state index in [0.29, 0.717) is 0 Å². The van der Waals surface area contributed by atoms with Gasteiger partial charge >= 0.3 is 225 Å². The van der Waals surface area contributed by atoms with Crippen LogP contribution in [0.4, 0.5) is 0 Å². The molecule has 200 valence electrons. The van der Waals surface area contributed by atoms with E-state index in [4.69, 9.17) is 3.07 Å². The summed E-state index contributed by atoms with van der Waals surface area (Å²) in [5, 5.41) is 0. The molecule has 0 N–H and O–H groups in total. The summed E-state index contributed by atoms with van der Waals surface area (Å²) in [5.74, 6) is -0.0299. The minimum atomic E-state index is -2.89. The Morgan fingerprint density at radius 2 is 0.971 bits per heavy atom. The fourth-order valence-electron chi connectivity index (χ4n) is 5.02. The quantitative estimate of drug-likeness (QED) is 0.0642. The van der Waals surface area contributed by atoms with Crippen LogP contribution in [0, 0.1) is 0 Å². The Morgan fingerprint density at radius 1 is 0.618 bits per heavy atom. The Morgan fingerprint density at radius 3 is 1.32 bits per heavy atom. The summed E-state index contributed by atoms with van der Waals surface area (Å²) in [6.45, 7) is 15.9. The molecule has 0 aromatic heterocycles. The van der Waals surface area contributed by atoms with Crippen molar-refractivity contribution in [1.29, 1.82) is 0 Å². The summed E-state index contributed by atoms with van der Waals surface area (Å²) in [6.07, 6.45) is 19.5. The van der Waals surface area contributed by atoms with E-state index >= 15 is 0 Å². The van der Waals surface area contributed by atoms with Gasteiger partial charge in [-0.1, -0.05) is 0 Å². The first-order valence-electron chi connectivity index (χ1n) is 15.0. The van der Waals surface area contributed by atoms with Gasteiger partial charge < -0.3 is 0 Å². The molecule has 0 heterocycles. The molecule has 0 atom stereocenters. The van der Waals surface area contributed by atoms with E-state index < -0.39 is 37.2 Å². The predicted molar refractivity (Wildman–Crippen MR) is 159 cm³/mol. The van der Waals surface area contributed by atoms with Gasteiger partial charge in [0.25, 0.3) is 0 Å². The van der Waals surface area contributed by atoms with E-state index in [1.54, 1.807) is 0 Å². The van der Waals surface area contributed by atoms with E-state index in [9.17, 15) is 4.79 Å². The number of rotatable bonds is 22. The van der Waals surface area contributed by atoms with Gasteiger partial charge in [0.2, 0.25) is 0 Å². The van der Waals surface area contributed by atoms with E-state index in [-0.39, 0.29) is 5.97 Å². The third-order valence-corrected chi connectivity index (χ3v) is 34.1. The van der Waals surface area contributed by atoms with Crippen LogP contribution in [0.15, 0.2) is 21.8 Å². The first kappa shape index (κ1) is 34.5. The predicted octanol–water partition coefficient (Wildman–Crippen LogP) is 10.8. The van der Waals surface area contributed by atoms with E-state index in [2.05, 4.69) is 58.6 Å². The molecule has 0 aliphatic carbocycles. The van der Waals surface area contributed by atoms with E-state index in [1.807, 2.05) is 6.08 Å². The monoisotopic (exact) mass is 692 g/mol. The van der Waals surface area contributed by atoms with Crippen molar-refractivity contribution in [3.63, 3.8) is 0 Å². The standard InChI is InChI=1S/C6H7O2.6C4H9.2Sn/c1-3-5(2)4-6(7)8;6*1-3-4-2;;/h1,3-4H,2H3,(H,7,8);6*1,3-4H2,2H3;;/q;;;;;;;;+1/p-1/b3-1?,5-4-;;;;;;;;. The number of unbranched alkanes of at least 4 members (excludes halogenated alkanes) is 6. The molecule has 0 amide bonds. The van der Waals surface area contributed by atoms with Crippen molar-refractivity contribution in [1.82, 2.24) is 0 Å². The van der Waals surface area contributed by atoms with Gasteiger partial charge in [0.1, 0.15) is 0 Å². The molecule has 2 nitrogen and oxygen atoms in total. The zero-order valence-electron chi connectivity index (χ0n) is 24.3. The zero-order chi connectivity index (χ0) is 25.7. The van der Waals surface area contributed by atoms with Crippen LogP contribution < -0.4 is 0 Å². The Balaban J connectivity index is 5.63. The molecule has 0 aromatic rings. The average Bonchev–Trinajstić information content (AvgIpc) is 2.83. The third kappa shape index (κ3) is 15.6. The average molecular weight is 690 g/mol. The summed E-state index contributed by atoms with van der Waals surface area (Å²) in [5.41, 5.74) is 1.11. The summed E-state index contributed by atoms with van der Waals surface area (Å²) in [6, 6.07) is 0. The summed E-state index contributed by atoms with van der Waals surface area (Å²) < 4.78 is 17.3. The molecule has 0 aromatic carbocycles. The van der Waals surface area contributed by atoms with Crippen molar-refractivity contribution in [2.45, 2.75) is 152 Å². The number of hydrogen-bond acceptors (Lipinski definition) is 2. The van der Waals surface area contributed by atoms with Crippen LogP contribution in [-0.4, -0.2) is 43.1 Å². The van der Waals surface area contributed by atoms with Crippen LogP contribution in [0.5, 0.6) is 0 Å². The Hall–Kier alpha value is 0.547. The first-order valence-corrected chi connectivity index (χ1v) is 29.9. The Labute approximate surface area is 223 Å². The van der Waals surface area contributed by atoms with Crippen LogP contribution in [-0.2, 0) is 7.87 Å². The zero-order valence-corrected chi connectivity index (χ0v) is 30.0. The maximum absolute atomic E-state index is 13.1. The molecule has 0 saturated carbocycles. The van der Waals surface area contributed by atoms with Gasteiger partial charge in [-0.2, -0.15) is 0 Å². The van der Waals surface area contributed by atoms with Crippen LogP contribution in [0.2, 0.25) is 26.6 Å². The second kappa shape index (κ2) is 21.6. The third-order valence-electron chi connectivity index (χ3n) is 7.40. The second-order valence-corrected chi connectivity index (χ2v) is 35.4. The normalized spacial score (nSPS) is 13.1. The fourth-order valence-corrected chi connectivity index (χ4v) is 32.3. The molecule has 0 radical (unpaired) electrons. The van der Waals surface area contributed by atoms with Gasteiger partial charge in [-0.25, -0.2) is 0 Å². The molecule has 0 spiro atoms. The molecule has 0 rings (SSSR count). The van der Waals surface area contributed by atoms with Gasteiger partial charge in [-0.05, 0) is 0 Å². The number of carbonyl (C=O) groups excluding carboxylic acids is 1. The van der Waals surface area contributed by atoms with Crippen molar-refractivity contribution in [2.75, 3.05) is 0 Å². The van der Waals surface area contributed by atoms with Crippen LogP contribution >= 0.6 is 0 Å². The van der Waals surface area contributed by atoms with Crippen molar-refractivity contribution in [3.05, 3.63) is 21.8 Å². The molecule has 0 bridgehead atoms. The van der Waals surface area contributed by atoms with Crippen molar-refractivity contribution < 1.29 is 7.87 Å². The summed E-state index contributed by atoms with van der Waals surface area (Å²) in [7, 11) is 0. The van der Waals surface area contributed by atoms with Gasteiger partial charge in [-0.15, -0.1) is 0 Å². The molecule has 34 heavy (non-hydrogen) atoms. The molecule has 0 saturated heterocycles. The fraction of sp³-hybridized carbons (Fsp3) is 0.833. The molecule has 4 heteroatoms. The van der Waals surface area contributed by atoms with Crippen molar-refractivity contribution >= 4 is 43.1 Å². The van der Waals surface area contributed by atoms with Crippen LogP contribution in [0.25, 0.3) is 0 Å². The van der Waals surface area contributed by atoms with Gasteiger partial charge in [0.05, 0.1) is 0 Å². The van der Waals surface area contributed by atoms with E-state index in [1.165, 1.54) is 104 Å². The second-order valence-electron chi connectivity index (χ2n) is 10.8.